The first-order chi connectivity index (χ1) is 8.41. The summed E-state index contributed by atoms with van der Waals surface area (Å²) < 4.78 is 25.6. The SMILES string of the molecule is C#CCN(CC)S(=O)(=O)c1ccc(CC(=O)O)s1. The van der Waals surface area contributed by atoms with Crippen LogP contribution in [0, 0.1) is 12.3 Å². The molecule has 5 nitrogen and oxygen atoms in total. The molecule has 0 bridgehead atoms. The Labute approximate surface area is 110 Å². The van der Waals surface area contributed by atoms with Crippen molar-refractivity contribution in [1.29, 1.82) is 0 Å². The van der Waals surface area contributed by atoms with Gasteiger partial charge in [0.25, 0.3) is 10.0 Å². The zero-order valence-corrected chi connectivity index (χ0v) is 11.4. The van der Waals surface area contributed by atoms with Gasteiger partial charge in [-0.15, -0.1) is 17.8 Å². The summed E-state index contributed by atoms with van der Waals surface area (Å²) in [6.45, 7) is 1.98. The summed E-state index contributed by atoms with van der Waals surface area (Å²) in [5.74, 6) is 1.30. The van der Waals surface area contributed by atoms with Crippen molar-refractivity contribution in [3.63, 3.8) is 0 Å². The minimum absolute atomic E-state index is 0.00496. The van der Waals surface area contributed by atoms with E-state index in [1.807, 2.05) is 0 Å². The fraction of sp³-hybridized carbons (Fsp3) is 0.364. The fourth-order valence-corrected chi connectivity index (χ4v) is 4.20. The van der Waals surface area contributed by atoms with Crippen LogP contribution in [0.4, 0.5) is 0 Å². The average Bonchev–Trinajstić information content (AvgIpc) is 2.73. The normalized spacial score (nSPS) is 11.4. The monoisotopic (exact) mass is 287 g/mol. The molecule has 7 heteroatoms. The minimum atomic E-state index is -3.61. The van der Waals surface area contributed by atoms with Crippen molar-refractivity contribution in [2.75, 3.05) is 13.1 Å². The third kappa shape index (κ3) is 3.32. The lowest BCUT2D eigenvalue weighted by Gasteiger charge is -2.16. The number of hydrogen-bond acceptors (Lipinski definition) is 4. The van der Waals surface area contributed by atoms with Gasteiger partial charge in [-0.1, -0.05) is 12.8 Å². The van der Waals surface area contributed by atoms with Crippen LogP contribution < -0.4 is 0 Å². The quantitative estimate of drug-likeness (QED) is 0.793. The number of thiophene rings is 1. The number of sulfonamides is 1. The second kappa shape index (κ2) is 6.00. The maximum atomic E-state index is 12.1. The first-order valence-corrected chi connectivity index (χ1v) is 7.41. The minimum Gasteiger partial charge on any atom is -0.481 e. The second-order valence-corrected chi connectivity index (χ2v) is 6.76. The van der Waals surface area contributed by atoms with Crippen molar-refractivity contribution in [1.82, 2.24) is 4.31 Å². The predicted molar refractivity (Wildman–Crippen MR) is 68.9 cm³/mol. The van der Waals surface area contributed by atoms with Crippen LogP contribution in [0.25, 0.3) is 0 Å². The molecule has 0 aromatic carbocycles. The molecule has 0 aliphatic heterocycles. The molecule has 0 amide bonds. The smallest absolute Gasteiger partial charge is 0.308 e. The van der Waals surface area contributed by atoms with Crippen LogP contribution in [0.3, 0.4) is 0 Å². The van der Waals surface area contributed by atoms with Crippen LogP contribution in [0.5, 0.6) is 0 Å². The largest absolute Gasteiger partial charge is 0.481 e. The van der Waals surface area contributed by atoms with E-state index in [0.717, 1.165) is 11.3 Å². The van der Waals surface area contributed by atoms with Gasteiger partial charge in [0.1, 0.15) is 4.21 Å². The van der Waals surface area contributed by atoms with Crippen LogP contribution in [-0.2, 0) is 21.2 Å². The van der Waals surface area contributed by atoms with Gasteiger partial charge in [-0.05, 0) is 12.1 Å². The van der Waals surface area contributed by atoms with Crippen molar-refractivity contribution in [3.05, 3.63) is 17.0 Å². The number of rotatable bonds is 6. The molecule has 0 saturated heterocycles. The number of aliphatic carboxylic acids is 1. The first kappa shape index (κ1) is 14.7. The molecule has 1 aromatic rings. The van der Waals surface area contributed by atoms with Gasteiger partial charge in [-0.3, -0.25) is 4.79 Å². The zero-order valence-electron chi connectivity index (χ0n) is 9.79. The second-order valence-electron chi connectivity index (χ2n) is 3.43. The molecular weight excluding hydrogens is 274 g/mol. The van der Waals surface area contributed by atoms with E-state index in [2.05, 4.69) is 5.92 Å². The lowest BCUT2D eigenvalue weighted by atomic mass is 10.3. The fourth-order valence-electron chi connectivity index (χ4n) is 1.34. The van der Waals surface area contributed by atoms with E-state index in [1.165, 1.54) is 16.4 Å². The summed E-state index contributed by atoms with van der Waals surface area (Å²) in [5.41, 5.74) is 0. The summed E-state index contributed by atoms with van der Waals surface area (Å²) in [5, 5.41) is 8.64. The molecule has 98 valence electrons. The lowest BCUT2D eigenvalue weighted by Crippen LogP contribution is -2.30. The van der Waals surface area contributed by atoms with Gasteiger partial charge >= 0.3 is 5.97 Å². The maximum absolute atomic E-state index is 12.1. The molecular formula is C11H13NO4S2. The van der Waals surface area contributed by atoms with Gasteiger partial charge in [-0.2, -0.15) is 4.31 Å². The van der Waals surface area contributed by atoms with Crippen LogP contribution in [0.1, 0.15) is 11.8 Å². The van der Waals surface area contributed by atoms with Crippen molar-refractivity contribution in [2.45, 2.75) is 17.6 Å². The molecule has 0 fully saturated rings. The molecule has 0 radical (unpaired) electrons. The van der Waals surface area contributed by atoms with Crippen LogP contribution in [0.15, 0.2) is 16.3 Å². The number of hydrogen-bond donors (Lipinski definition) is 1. The van der Waals surface area contributed by atoms with Gasteiger partial charge < -0.3 is 5.11 Å². The molecule has 1 heterocycles. The third-order valence-electron chi connectivity index (χ3n) is 2.18. The molecule has 1 rings (SSSR count). The van der Waals surface area contributed by atoms with Gasteiger partial charge in [0.2, 0.25) is 0 Å². The Balaban J connectivity index is 3.02. The highest BCUT2D eigenvalue weighted by atomic mass is 32.2. The lowest BCUT2D eigenvalue weighted by molar-refractivity contribution is -0.136. The summed E-state index contributed by atoms with van der Waals surface area (Å²) in [4.78, 5) is 11.0. The topological polar surface area (TPSA) is 74.7 Å². The van der Waals surface area contributed by atoms with E-state index in [9.17, 15) is 13.2 Å². The molecule has 1 N–H and O–H groups in total. The number of terminal acetylenes is 1. The highest BCUT2D eigenvalue weighted by Gasteiger charge is 2.24. The average molecular weight is 287 g/mol. The van der Waals surface area contributed by atoms with Gasteiger partial charge in [0.15, 0.2) is 0 Å². The number of nitrogens with zero attached hydrogens (tertiary/aromatic N) is 1. The summed E-state index contributed by atoms with van der Waals surface area (Å²) in [6.07, 6.45) is 4.94. The Morgan fingerprint density at radius 2 is 2.22 bits per heavy atom. The predicted octanol–water partition coefficient (Wildman–Crippen LogP) is 1.02. The molecule has 0 aliphatic rings. The van der Waals surface area contributed by atoms with Gasteiger partial charge in [0, 0.05) is 11.4 Å². The van der Waals surface area contributed by atoms with E-state index < -0.39 is 16.0 Å². The zero-order chi connectivity index (χ0) is 13.8. The first-order valence-electron chi connectivity index (χ1n) is 5.16. The molecule has 1 aromatic heterocycles. The van der Waals surface area contributed by atoms with E-state index in [0.29, 0.717) is 4.88 Å². The maximum Gasteiger partial charge on any atom is 0.308 e. The van der Waals surface area contributed by atoms with Crippen LogP contribution in [-0.4, -0.2) is 36.9 Å². The van der Waals surface area contributed by atoms with Crippen LogP contribution >= 0.6 is 11.3 Å². The Hall–Kier alpha value is -1.36. The molecule has 18 heavy (non-hydrogen) atoms. The summed E-state index contributed by atoms with van der Waals surface area (Å²) in [6, 6.07) is 2.92. The molecule has 0 spiro atoms. The van der Waals surface area contributed by atoms with E-state index >= 15 is 0 Å². The third-order valence-corrected chi connectivity index (χ3v) is 5.65. The highest BCUT2D eigenvalue weighted by Crippen LogP contribution is 2.25. The van der Waals surface area contributed by atoms with E-state index in [-0.39, 0.29) is 23.7 Å². The molecule has 0 atom stereocenters. The van der Waals surface area contributed by atoms with E-state index in [1.54, 1.807) is 6.92 Å². The highest BCUT2D eigenvalue weighted by molar-refractivity contribution is 7.91. The van der Waals surface area contributed by atoms with Crippen molar-refractivity contribution in [3.8, 4) is 12.3 Å². The molecule has 0 saturated carbocycles. The van der Waals surface area contributed by atoms with Crippen molar-refractivity contribution >= 4 is 27.3 Å². The Bertz CT molecular complexity index is 568. The van der Waals surface area contributed by atoms with E-state index in [4.69, 9.17) is 11.5 Å². The number of carboxylic acids is 1. The van der Waals surface area contributed by atoms with Gasteiger partial charge in [-0.25, -0.2) is 8.42 Å². The number of carboxylic acid groups (broad SMARTS) is 1. The Morgan fingerprint density at radius 3 is 2.72 bits per heavy atom. The van der Waals surface area contributed by atoms with Gasteiger partial charge in [0.05, 0.1) is 13.0 Å². The summed E-state index contributed by atoms with van der Waals surface area (Å²) >= 11 is 0.959. The standard InChI is InChI=1S/C11H13NO4S2/c1-3-7-12(4-2)18(15,16)11-6-5-9(17-11)8-10(13)14/h1,5-6H,4,7-8H2,2H3,(H,13,14). The Morgan fingerprint density at radius 1 is 1.56 bits per heavy atom. The van der Waals surface area contributed by atoms with Crippen LogP contribution in [0.2, 0.25) is 0 Å². The van der Waals surface area contributed by atoms with Crippen molar-refractivity contribution in [2.24, 2.45) is 0 Å². The Kier molecular flexibility index (Phi) is 4.90. The van der Waals surface area contributed by atoms with Crippen molar-refractivity contribution < 1.29 is 18.3 Å². The summed E-state index contributed by atoms with van der Waals surface area (Å²) in [7, 11) is -3.61. The number of carbonyl (C=O) groups is 1. The molecule has 0 unspecified atom stereocenters. The molecule has 0 aliphatic carbocycles.